The van der Waals surface area contributed by atoms with Gasteiger partial charge in [0.05, 0.1) is 5.92 Å². The summed E-state index contributed by atoms with van der Waals surface area (Å²) in [5.41, 5.74) is 0.322. The molecule has 0 radical (unpaired) electrons. The highest BCUT2D eigenvalue weighted by molar-refractivity contribution is 6.36. The van der Waals surface area contributed by atoms with Crippen LogP contribution in [0, 0.1) is 5.92 Å². The Balaban J connectivity index is 2.26. The normalized spacial score (nSPS) is 18.2. The van der Waals surface area contributed by atoms with Crippen molar-refractivity contribution in [1.82, 2.24) is 0 Å². The number of carbonyl (C=O) groups is 3. The van der Waals surface area contributed by atoms with Gasteiger partial charge in [-0.05, 0) is 50.8 Å². The molecule has 2 rings (SSSR count). The first kappa shape index (κ1) is 20.1. The lowest BCUT2D eigenvalue weighted by atomic mass is 9.77. The molecule has 142 valence electrons. The van der Waals surface area contributed by atoms with Gasteiger partial charge in [0.1, 0.15) is 22.7 Å². The first-order valence-corrected chi connectivity index (χ1v) is 9.30. The van der Waals surface area contributed by atoms with Crippen LogP contribution in [0.5, 0.6) is 11.5 Å². The molecule has 1 aromatic carbocycles. The van der Waals surface area contributed by atoms with Crippen LogP contribution in [0.25, 0.3) is 0 Å². The fourth-order valence-electron chi connectivity index (χ4n) is 3.48. The van der Waals surface area contributed by atoms with Crippen molar-refractivity contribution in [2.45, 2.75) is 71.8 Å². The van der Waals surface area contributed by atoms with Gasteiger partial charge in [-0.25, -0.2) is 0 Å². The van der Waals surface area contributed by atoms with E-state index in [-0.39, 0.29) is 29.9 Å². The number of ketones is 3. The van der Waals surface area contributed by atoms with Gasteiger partial charge in [0.15, 0.2) is 17.3 Å². The number of hydrogen-bond donors (Lipinski definition) is 1. The van der Waals surface area contributed by atoms with Crippen molar-refractivity contribution in [3.63, 3.8) is 0 Å². The number of ether oxygens (including phenoxy) is 1. The van der Waals surface area contributed by atoms with E-state index >= 15 is 0 Å². The van der Waals surface area contributed by atoms with Crippen LogP contribution in [-0.4, -0.2) is 28.1 Å². The molecule has 1 aromatic rings. The van der Waals surface area contributed by atoms with Gasteiger partial charge in [-0.3, -0.25) is 14.4 Å². The van der Waals surface area contributed by atoms with Crippen LogP contribution in [0.3, 0.4) is 0 Å². The van der Waals surface area contributed by atoms with E-state index in [9.17, 15) is 19.5 Å². The van der Waals surface area contributed by atoms with Crippen molar-refractivity contribution in [1.29, 1.82) is 0 Å². The van der Waals surface area contributed by atoms with Gasteiger partial charge in [-0.15, -0.1) is 0 Å². The summed E-state index contributed by atoms with van der Waals surface area (Å²) in [6.45, 7) is 6.97. The minimum absolute atomic E-state index is 0.00370. The summed E-state index contributed by atoms with van der Waals surface area (Å²) in [4.78, 5) is 35.8. The molecule has 0 saturated carbocycles. The zero-order valence-electron chi connectivity index (χ0n) is 16.1. The maximum atomic E-state index is 13.0. The molecular formula is C21H28O5. The summed E-state index contributed by atoms with van der Waals surface area (Å²) in [6, 6.07) is 3.47. The Morgan fingerprint density at radius 3 is 2.54 bits per heavy atom. The molecule has 0 aliphatic carbocycles. The summed E-state index contributed by atoms with van der Waals surface area (Å²) >= 11 is 0. The van der Waals surface area contributed by atoms with E-state index in [4.69, 9.17) is 4.74 Å². The fraction of sp³-hybridized carbons (Fsp3) is 0.571. The van der Waals surface area contributed by atoms with Crippen LogP contribution in [0.2, 0.25) is 0 Å². The maximum absolute atomic E-state index is 13.0. The fourth-order valence-corrected chi connectivity index (χ4v) is 3.48. The lowest BCUT2D eigenvalue weighted by Gasteiger charge is -2.39. The number of phenols is 1. The molecule has 0 spiro atoms. The Kier molecular flexibility index (Phi) is 6.21. The van der Waals surface area contributed by atoms with Crippen LogP contribution in [-0.2, 0) is 16.0 Å². The van der Waals surface area contributed by atoms with E-state index < -0.39 is 23.1 Å². The summed E-state index contributed by atoms with van der Waals surface area (Å²) in [7, 11) is 0. The van der Waals surface area contributed by atoms with E-state index in [1.807, 2.05) is 6.07 Å². The Morgan fingerprint density at radius 2 is 1.92 bits per heavy atom. The standard InChI is InChI=1S/C21H28O5/c1-5-6-7-8-14-11-17(24)19-18(12-14)26-21(3,4)15(20(19)25)9-10-16(23)13(2)22/h11-12,15,24H,5-10H2,1-4H3. The number of benzene rings is 1. The van der Waals surface area contributed by atoms with Gasteiger partial charge < -0.3 is 9.84 Å². The molecule has 0 amide bonds. The van der Waals surface area contributed by atoms with E-state index in [2.05, 4.69) is 6.92 Å². The molecule has 5 nitrogen and oxygen atoms in total. The number of aryl methyl sites for hydroxylation is 1. The Bertz CT molecular complexity index is 717. The zero-order chi connectivity index (χ0) is 19.5. The second-order valence-corrected chi connectivity index (χ2v) is 7.59. The highest BCUT2D eigenvalue weighted by Gasteiger charge is 2.44. The number of aromatic hydroxyl groups is 1. The van der Waals surface area contributed by atoms with Crippen LogP contribution in [0.1, 0.15) is 75.7 Å². The highest BCUT2D eigenvalue weighted by atomic mass is 16.5. The summed E-state index contributed by atoms with van der Waals surface area (Å²) < 4.78 is 6.05. The average molecular weight is 360 g/mol. The lowest BCUT2D eigenvalue weighted by Crippen LogP contribution is -2.46. The lowest BCUT2D eigenvalue weighted by molar-refractivity contribution is -0.135. The number of carbonyl (C=O) groups excluding carboxylic acids is 3. The maximum Gasteiger partial charge on any atom is 0.198 e. The predicted octanol–water partition coefficient (Wildman–Crippen LogP) is 4.03. The number of rotatable bonds is 8. The minimum atomic E-state index is -0.810. The minimum Gasteiger partial charge on any atom is -0.507 e. The third-order valence-electron chi connectivity index (χ3n) is 5.04. The smallest absolute Gasteiger partial charge is 0.198 e. The van der Waals surface area contributed by atoms with Gasteiger partial charge in [0, 0.05) is 13.3 Å². The predicted molar refractivity (Wildman–Crippen MR) is 98.8 cm³/mol. The molecule has 1 aliphatic rings. The number of fused-ring (bicyclic) bond motifs is 1. The number of Topliss-reactive ketones (excluding diaryl/α,β-unsaturated/α-hetero) is 3. The van der Waals surface area contributed by atoms with Crippen LogP contribution in [0.4, 0.5) is 0 Å². The molecule has 5 heteroatoms. The third kappa shape index (κ3) is 4.32. The Hall–Kier alpha value is -2.17. The third-order valence-corrected chi connectivity index (χ3v) is 5.04. The van der Waals surface area contributed by atoms with E-state index in [1.54, 1.807) is 19.9 Å². The molecule has 0 fully saturated rings. The van der Waals surface area contributed by atoms with Gasteiger partial charge in [-0.1, -0.05) is 19.8 Å². The molecule has 1 aliphatic heterocycles. The van der Waals surface area contributed by atoms with Crippen molar-refractivity contribution in [2.24, 2.45) is 5.92 Å². The van der Waals surface area contributed by atoms with E-state index in [0.29, 0.717) is 5.75 Å². The quantitative estimate of drug-likeness (QED) is 0.559. The molecule has 0 aromatic heterocycles. The monoisotopic (exact) mass is 360 g/mol. The van der Waals surface area contributed by atoms with Crippen LogP contribution in [0.15, 0.2) is 12.1 Å². The van der Waals surface area contributed by atoms with Gasteiger partial charge in [0.25, 0.3) is 0 Å². The summed E-state index contributed by atoms with van der Waals surface area (Å²) in [5.74, 6) is -1.49. The second-order valence-electron chi connectivity index (χ2n) is 7.59. The zero-order valence-corrected chi connectivity index (χ0v) is 16.1. The molecule has 1 N–H and O–H groups in total. The van der Waals surface area contributed by atoms with Crippen molar-refractivity contribution < 1.29 is 24.2 Å². The van der Waals surface area contributed by atoms with Crippen molar-refractivity contribution in [3.8, 4) is 11.5 Å². The molecule has 1 atom stereocenters. The van der Waals surface area contributed by atoms with Crippen LogP contribution < -0.4 is 4.74 Å². The Morgan fingerprint density at radius 1 is 1.23 bits per heavy atom. The first-order chi connectivity index (χ1) is 12.2. The number of unbranched alkanes of at least 4 members (excludes halogenated alkanes) is 2. The SMILES string of the molecule is CCCCCc1cc(O)c2c(c1)OC(C)(C)C(CCC(=O)C(C)=O)C2=O. The molecule has 1 heterocycles. The first-order valence-electron chi connectivity index (χ1n) is 9.30. The molecule has 26 heavy (non-hydrogen) atoms. The summed E-state index contributed by atoms with van der Waals surface area (Å²) in [6.07, 6.45) is 4.28. The van der Waals surface area contributed by atoms with Gasteiger partial charge >= 0.3 is 0 Å². The van der Waals surface area contributed by atoms with Crippen molar-refractivity contribution in [2.75, 3.05) is 0 Å². The Labute approximate surface area is 154 Å². The van der Waals surface area contributed by atoms with Crippen molar-refractivity contribution >= 4 is 17.3 Å². The summed E-state index contributed by atoms with van der Waals surface area (Å²) in [5, 5.41) is 10.4. The molecular weight excluding hydrogens is 332 g/mol. The average Bonchev–Trinajstić information content (AvgIpc) is 2.53. The van der Waals surface area contributed by atoms with E-state index in [0.717, 1.165) is 31.2 Å². The number of hydrogen-bond acceptors (Lipinski definition) is 5. The van der Waals surface area contributed by atoms with Gasteiger partial charge in [0.2, 0.25) is 0 Å². The van der Waals surface area contributed by atoms with Crippen molar-refractivity contribution in [3.05, 3.63) is 23.3 Å². The largest absolute Gasteiger partial charge is 0.507 e. The van der Waals surface area contributed by atoms with E-state index in [1.165, 1.54) is 6.92 Å². The highest BCUT2D eigenvalue weighted by Crippen LogP contribution is 2.43. The molecule has 1 unspecified atom stereocenters. The molecule has 0 bridgehead atoms. The topological polar surface area (TPSA) is 80.7 Å². The number of phenolic OH excluding ortho intramolecular Hbond substituents is 1. The van der Waals surface area contributed by atoms with Gasteiger partial charge in [-0.2, -0.15) is 0 Å². The molecule has 0 saturated heterocycles. The second kappa shape index (κ2) is 8.02. The van der Waals surface area contributed by atoms with Crippen LogP contribution >= 0.6 is 0 Å².